The maximum absolute atomic E-state index is 13.3. The van der Waals surface area contributed by atoms with Gasteiger partial charge in [0.05, 0.1) is 6.33 Å². The van der Waals surface area contributed by atoms with Crippen molar-refractivity contribution in [1.29, 1.82) is 0 Å². The predicted molar refractivity (Wildman–Crippen MR) is 139 cm³/mol. The van der Waals surface area contributed by atoms with Crippen molar-refractivity contribution in [2.45, 2.75) is 43.5 Å². The molecule has 0 bridgehead atoms. The van der Waals surface area contributed by atoms with E-state index in [-0.39, 0.29) is 30.1 Å². The SMILES string of the molecule is Nc1nc2c(ncn2[C@@H]2O[C@H](C(=O)N[C@@H](Cc3ccccc3)C(=O)NCc3ccccc3)[C@@H](O)[C@H]2O)c(=O)[nH]1. The van der Waals surface area contributed by atoms with Crippen LogP contribution < -0.4 is 21.9 Å². The zero-order valence-corrected chi connectivity index (χ0v) is 20.6. The van der Waals surface area contributed by atoms with E-state index in [1.807, 2.05) is 60.7 Å². The first-order valence-corrected chi connectivity index (χ1v) is 12.2. The van der Waals surface area contributed by atoms with Crippen LogP contribution in [0.25, 0.3) is 11.2 Å². The van der Waals surface area contributed by atoms with Gasteiger partial charge in [0.15, 0.2) is 23.5 Å². The number of ether oxygens (including phenoxy) is 1. The van der Waals surface area contributed by atoms with E-state index in [0.717, 1.165) is 11.1 Å². The van der Waals surface area contributed by atoms with Gasteiger partial charge in [0.25, 0.3) is 11.5 Å². The predicted octanol–water partition coefficient (Wildman–Crippen LogP) is -0.635. The molecule has 1 aliphatic heterocycles. The van der Waals surface area contributed by atoms with E-state index >= 15 is 0 Å². The first-order chi connectivity index (χ1) is 18.8. The van der Waals surface area contributed by atoms with Gasteiger partial charge < -0.3 is 31.3 Å². The Hall–Kier alpha value is -4.59. The standard InChI is InChI=1S/C26H27N7O6/c27-26-31-21-17(23(37)32-26)29-13-33(21)25-19(35)18(34)20(39-25)24(38)30-16(11-14-7-3-1-4-8-14)22(36)28-12-15-9-5-2-6-10-15/h1-10,13,16,18-20,25,34-35H,11-12H2,(H,28,36)(H,30,38)(H3,27,31,32,37)/t16-,18-,19+,20-,25+/m0/s1. The van der Waals surface area contributed by atoms with Gasteiger partial charge in [0.2, 0.25) is 11.9 Å². The summed E-state index contributed by atoms with van der Waals surface area (Å²) in [7, 11) is 0. The highest BCUT2D eigenvalue weighted by Gasteiger charge is 2.48. The van der Waals surface area contributed by atoms with Crippen LogP contribution in [0.5, 0.6) is 0 Å². The van der Waals surface area contributed by atoms with E-state index in [9.17, 15) is 24.6 Å². The van der Waals surface area contributed by atoms with Gasteiger partial charge in [0.1, 0.15) is 18.2 Å². The van der Waals surface area contributed by atoms with Crippen LogP contribution in [0, 0.1) is 0 Å². The van der Waals surface area contributed by atoms with E-state index < -0.39 is 48.0 Å². The number of rotatable bonds is 8. The number of hydrogen-bond acceptors (Lipinski definition) is 9. The molecule has 1 saturated heterocycles. The molecule has 13 heteroatoms. The molecule has 0 aliphatic carbocycles. The summed E-state index contributed by atoms with van der Waals surface area (Å²) in [5.74, 6) is -1.41. The molecule has 13 nitrogen and oxygen atoms in total. The quantitative estimate of drug-likeness (QED) is 0.171. The lowest BCUT2D eigenvalue weighted by Gasteiger charge is -2.22. The molecule has 202 valence electrons. The summed E-state index contributed by atoms with van der Waals surface area (Å²) in [6.45, 7) is 0.257. The molecule has 4 aromatic rings. The summed E-state index contributed by atoms with van der Waals surface area (Å²) in [6, 6.07) is 17.5. The van der Waals surface area contributed by atoms with Crippen LogP contribution >= 0.6 is 0 Å². The summed E-state index contributed by atoms with van der Waals surface area (Å²) < 4.78 is 6.94. The van der Waals surface area contributed by atoms with Crippen LogP contribution in [0.2, 0.25) is 0 Å². The van der Waals surface area contributed by atoms with Crippen LogP contribution in [0.15, 0.2) is 71.8 Å². The first kappa shape index (κ1) is 26.0. The minimum absolute atomic E-state index is 0.0100. The van der Waals surface area contributed by atoms with Crippen molar-refractivity contribution in [3.05, 3.63) is 88.5 Å². The number of aliphatic hydroxyl groups excluding tert-OH is 2. The second-order valence-electron chi connectivity index (χ2n) is 9.16. The van der Waals surface area contributed by atoms with Crippen molar-refractivity contribution < 1.29 is 24.5 Å². The normalized spacial score (nSPS) is 21.5. The number of carbonyl (C=O) groups excluding carboxylic acids is 2. The number of fused-ring (bicyclic) bond motifs is 1. The number of amides is 2. The number of carbonyl (C=O) groups is 2. The lowest BCUT2D eigenvalue weighted by atomic mass is 10.0. The van der Waals surface area contributed by atoms with Gasteiger partial charge in [-0.25, -0.2) is 4.98 Å². The minimum atomic E-state index is -1.64. The summed E-state index contributed by atoms with van der Waals surface area (Å²) in [4.78, 5) is 48.8. The fourth-order valence-corrected chi connectivity index (χ4v) is 4.46. The van der Waals surface area contributed by atoms with Crippen LogP contribution in [0.3, 0.4) is 0 Å². The van der Waals surface area contributed by atoms with Crippen molar-refractivity contribution >= 4 is 28.9 Å². The zero-order chi connectivity index (χ0) is 27.5. The molecule has 5 rings (SSSR count). The number of imidazole rings is 1. The number of benzene rings is 2. The van der Waals surface area contributed by atoms with Crippen molar-refractivity contribution in [1.82, 2.24) is 30.2 Å². The highest BCUT2D eigenvalue weighted by atomic mass is 16.6. The first-order valence-electron chi connectivity index (χ1n) is 12.2. The Balaban J connectivity index is 1.34. The Morgan fingerprint density at radius 1 is 1.05 bits per heavy atom. The van der Waals surface area contributed by atoms with E-state index in [0.29, 0.717) is 0 Å². The van der Waals surface area contributed by atoms with Gasteiger partial charge in [-0.3, -0.25) is 23.9 Å². The Kier molecular flexibility index (Phi) is 7.36. The van der Waals surface area contributed by atoms with E-state index in [1.165, 1.54) is 10.9 Å². The van der Waals surface area contributed by atoms with Crippen LogP contribution in [-0.2, 0) is 27.3 Å². The molecule has 2 aromatic heterocycles. The average molecular weight is 534 g/mol. The monoisotopic (exact) mass is 533 g/mol. The number of aromatic nitrogens is 4. The van der Waals surface area contributed by atoms with Gasteiger partial charge in [-0.2, -0.15) is 4.98 Å². The van der Waals surface area contributed by atoms with E-state index in [1.54, 1.807) is 0 Å². The smallest absolute Gasteiger partial charge is 0.280 e. The van der Waals surface area contributed by atoms with Crippen molar-refractivity contribution in [2.75, 3.05) is 5.73 Å². The number of nitrogens with zero attached hydrogens (tertiary/aromatic N) is 3. The fourth-order valence-electron chi connectivity index (χ4n) is 4.46. The number of H-pyrrole nitrogens is 1. The Bertz CT molecular complexity index is 1520. The largest absolute Gasteiger partial charge is 0.387 e. The highest BCUT2D eigenvalue weighted by molar-refractivity contribution is 5.90. The van der Waals surface area contributed by atoms with Gasteiger partial charge in [-0.15, -0.1) is 0 Å². The van der Waals surface area contributed by atoms with Gasteiger partial charge >= 0.3 is 0 Å². The number of aliphatic hydroxyl groups is 2. The third-order valence-electron chi connectivity index (χ3n) is 6.45. The topological polar surface area (TPSA) is 197 Å². The van der Waals surface area contributed by atoms with Crippen molar-refractivity contribution in [3.8, 4) is 0 Å². The van der Waals surface area contributed by atoms with E-state index in [4.69, 9.17) is 10.5 Å². The third-order valence-corrected chi connectivity index (χ3v) is 6.45. The molecular weight excluding hydrogens is 506 g/mol. The average Bonchev–Trinajstić information content (AvgIpc) is 3.48. The van der Waals surface area contributed by atoms with Crippen LogP contribution in [-0.4, -0.2) is 65.9 Å². The molecule has 1 aliphatic rings. The Morgan fingerprint density at radius 2 is 1.72 bits per heavy atom. The Morgan fingerprint density at radius 3 is 2.41 bits per heavy atom. The number of hydrogen-bond donors (Lipinski definition) is 6. The molecule has 3 heterocycles. The van der Waals surface area contributed by atoms with Crippen LogP contribution in [0.4, 0.5) is 5.95 Å². The number of anilines is 1. The molecule has 1 fully saturated rings. The number of nitrogens with one attached hydrogen (secondary N) is 3. The summed E-state index contributed by atoms with van der Waals surface area (Å²) >= 11 is 0. The molecule has 39 heavy (non-hydrogen) atoms. The number of nitrogens with two attached hydrogens (primary N) is 1. The molecular formula is C26H27N7O6. The maximum atomic E-state index is 13.3. The third kappa shape index (κ3) is 5.50. The molecule has 0 saturated carbocycles. The molecule has 0 radical (unpaired) electrons. The molecule has 5 atom stereocenters. The molecule has 7 N–H and O–H groups in total. The minimum Gasteiger partial charge on any atom is -0.387 e. The van der Waals surface area contributed by atoms with Crippen molar-refractivity contribution in [3.63, 3.8) is 0 Å². The summed E-state index contributed by atoms with van der Waals surface area (Å²) in [5, 5.41) is 26.9. The lowest BCUT2D eigenvalue weighted by molar-refractivity contribution is -0.140. The lowest BCUT2D eigenvalue weighted by Crippen LogP contribution is -2.52. The van der Waals surface area contributed by atoms with Gasteiger partial charge in [-0.1, -0.05) is 60.7 Å². The molecule has 2 aromatic carbocycles. The van der Waals surface area contributed by atoms with Crippen molar-refractivity contribution in [2.24, 2.45) is 0 Å². The van der Waals surface area contributed by atoms with Crippen LogP contribution in [0.1, 0.15) is 17.4 Å². The number of nitrogen functional groups attached to an aromatic ring is 1. The zero-order valence-electron chi connectivity index (χ0n) is 20.6. The van der Waals surface area contributed by atoms with E-state index in [2.05, 4.69) is 25.6 Å². The maximum Gasteiger partial charge on any atom is 0.280 e. The molecule has 0 spiro atoms. The second kappa shape index (κ2) is 11.0. The molecule has 0 unspecified atom stereocenters. The summed E-state index contributed by atoms with van der Waals surface area (Å²) in [5.41, 5.74) is 6.69. The van der Waals surface area contributed by atoms with Gasteiger partial charge in [0, 0.05) is 13.0 Å². The Labute approximate surface area is 221 Å². The van der Waals surface area contributed by atoms with Gasteiger partial charge in [-0.05, 0) is 11.1 Å². The highest BCUT2D eigenvalue weighted by Crippen LogP contribution is 2.31. The fraction of sp³-hybridized carbons (Fsp3) is 0.269. The summed E-state index contributed by atoms with van der Waals surface area (Å²) in [6.07, 6.45) is -4.66. The number of aromatic amines is 1. The molecule has 2 amide bonds. The second-order valence-corrected chi connectivity index (χ2v) is 9.16.